The fourth-order valence-electron chi connectivity index (χ4n) is 4.56. The van der Waals surface area contributed by atoms with Crippen LogP contribution in [-0.2, 0) is 16.6 Å². The molecule has 0 fully saturated rings. The van der Waals surface area contributed by atoms with E-state index in [9.17, 15) is 4.79 Å². The first-order chi connectivity index (χ1) is 16.4. The van der Waals surface area contributed by atoms with Crippen LogP contribution < -0.4 is 0 Å². The molecule has 0 aromatic heterocycles. The summed E-state index contributed by atoms with van der Waals surface area (Å²) >= 11 is 0. The Hall–Kier alpha value is -2.34. The molecule has 0 saturated carbocycles. The average Bonchev–Trinajstić information content (AvgIpc) is 2.90. The highest BCUT2D eigenvalue weighted by molar-refractivity contribution is 6.87. The lowest BCUT2D eigenvalue weighted by atomic mass is 9.76. The maximum absolute atomic E-state index is 14.2. The van der Waals surface area contributed by atoms with E-state index < -0.39 is 21.6 Å². The Morgan fingerprint density at radius 1 is 0.647 bits per heavy atom. The first-order valence-corrected chi connectivity index (χ1v) is 18.3. The van der Waals surface area contributed by atoms with Gasteiger partial charge in [-0.3, -0.25) is 4.79 Å². The highest BCUT2D eigenvalue weighted by atomic mass is 28.3. The lowest BCUT2D eigenvalue weighted by molar-refractivity contribution is -0.120. The van der Waals surface area contributed by atoms with Crippen LogP contribution in [0.2, 0.25) is 36.3 Å². The molecule has 0 saturated heterocycles. The molecule has 34 heavy (non-hydrogen) atoms. The summed E-state index contributed by atoms with van der Waals surface area (Å²) in [6.45, 7) is 13.6. The van der Waals surface area contributed by atoms with E-state index in [1.54, 1.807) is 0 Å². The van der Waals surface area contributed by atoms with Crippen molar-refractivity contribution in [2.75, 3.05) is 0 Å². The van der Waals surface area contributed by atoms with Crippen LogP contribution in [0.5, 0.6) is 0 Å². The standard InChI is InChI=1S/C31H42OSi2/c1-7-33(8-2,9-3)25-23-31(29-21-17-14-18-22-29,24-26-34(10-4,11-5)12-6)30(32)27-28-19-15-13-16-20-28/h13-22H,7-12,27H2,1-6H3. The number of ketones is 1. The molecule has 0 heterocycles. The van der Waals surface area contributed by atoms with Gasteiger partial charge in [0.1, 0.15) is 16.1 Å². The molecule has 0 aliphatic rings. The van der Waals surface area contributed by atoms with Crippen LogP contribution >= 0.6 is 0 Å². The zero-order valence-electron chi connectivity index (χ0n) is 22.1. The summed E-state index contributed by atoms with van der Waals surface area (Å²) in [5.41, 5.74) is 8.39. The predicted molar refractivity (Wildman–Crippen MR) is 153 cm³/mol. The van der Waals surface area contributed by atoms with E-state index in [0.29, 0.717) is 6.42 Å². The van der Waals surface area contributed by atoms with Gasteiger partial charge in [0.2, 0.25) is 0 Å². The number of benzene rings is 2. The number of carbonyl (C=O) groups is 1. The van der Waals surface area contributed by atoms with Crippen molar-refractivity contribution in [1.82, 2.24) is 0 Å². The van der Waals surface area contributed by atoms with Gasteiger partial charge in [0, 0.05) is 6.42 Å². The molecule has 0 aliphatic heterocycles. The van der Waals surface area contributed by atoms with E-state index in [4.69, 9.17) is 0 Å². The van der Waals surface area contributed by atoms with Crippen molar-refractivity contribution in [2.45, 2.75) is 89.6 Å². The molecule has 0 spiro atoms. The first kappa shape index (κ1) is 27.9. The number of hydrogen-bond acceptors (Lipinski definition) is 1. The Morgan fingerprint density at radius 3 is 1.41 bits per heavy atom. The number of rotatable bonds is 10. The van der Waals surface area contributed by atoms with Crippen LogP contribution in [-0.4, -0.2) is 21.9 Å². The lowest BCUT2D eigenvalue weighted by Crippen LogP contribution is -2.38. The van der Waals surface area contributed by atoms with Crippen molar-refractivity contribution in [1.29, 1.82) is 0 Å². The molecular formula is C31H42OSi2. The second kappa shape index (κ2) is 12.9. The molecule has 0 atom stereocenters. The van der Waals surface area contributed by atoms with Gasteiger partial charge in [0.05, 0.1) is 0 Å². The Morgan fingerprint density at radius 2 is 1.03 bits per heavy atom. The van der Waals surface area contributed by atoms with Gasteiger partial charge < -0.3 is 0 Å². The lowest BCUT2D eigenvalue weighted by Gasteiger charge is -2.27. The average molecular weight is 487 g/mol. The summed E-state index contributed by atoms with van der Waals surface area (Å²) in [6.07, 6.45) is 0.344. The van der Waals surface area contributed by atoms with Gasteiger partial charge in [-0.2, -0.15) is 0 Å². The molecule has 0 N–H and O–H groups in total. The maximum atomic E-state index is 14.2. The second-order valence-corrected chi connectivity index (χ2v) is 19.2. The third-order valence-corrected chi connectivity index (χ3v) is 17.4. The van der Waals surface area contributed by atoms with Crippen LogP contribution in [0.3, 0.4) is 0 Å². The van der Waals surface area contributed by atoms with Gasteiger partial charge in [-0.05, 0) is 47.4 Å². The molecule has 0 amide bonds. The smallest absolute Gasteiger partial charge is 0.174 e. The van der Waals surface area contributed by atoms with Gasteiger partial charge in [0.15, 0.2) is 11.2 Å². The van der Waals surface area contributed by atoms with E-state index >= 15 is 0 Å². The topological polar surface area (TPSA) is 17.1 Å². The van der Waals surface area contributed by atoms with E-state index in [2.05, 4.69) is 64.5 Å². The van der Waals surface area contributed by atoms with Crippen molar-refractivity contribution >= 4 is 21.9 Å². The van der Waals surface area contributed by atoms with Gasteiger partial charge in [-0.1, -0.05) is 114 Å². The van der Waals surface area contributed by atoms with Gasteiger partial charge in [-0.25, -0.2) is 0 Å². The third kappa shape index (κ3) is 6.41. The molecule has 0 unspecified atom stereocenters. The Balaban J connectivity index is 2.83. The van der Waals surface area contributed by atoms with Crippen molar-refractivity contribution in [2.24, 2.45) is 0 Å². The number of hydrogen-bond donors (Lipinski definition) is 0. The Labute approximate surface area is 210 Å². The van der Waals surface area contributed by atoms with Crippen LogP contribution in [0.25, 0.3) is 0 Å². The monoisotopic (exact) mass is 486 g/mol. The molecule has 0 aliphatic carbocycles. The van der Waals surface area contributed by atoms with E-state index in [0.717, 1.165) is 47.4 Å². The fraction of sp³-hybridized carbons (Fsp3) is 0.452. The predicted octanol–water partition coefficient (Wildman–Crippen LogP) is 7.84. The summed E-state index contributed by atoms with van der Waals surface area (Å²) in [7, 11) is -3.54. The minimum atomic E-state index is -1.77. The minimum absolute atomic E-state index is 0.0994. The third-order valence-electron chi connectivity index (χ3n) is 7.92. The fourth-order valence-corrected chi connectivity index (χ4v) is 9.53. The van der Waals surface area contributed by atoms with Crippen LogP contribution in [0.4, 0.5) is 0 Å². The second-order valence-electron chi connectivity index (χ2n) is 9.38. The minimum Gasteiger partial charge on any atom is -0.296 e. The first-order valence-electron chi connectivity index (χ1n) is 13.1. The molecule has 2 aromatic rings. The van der Waals surface area contributed by atoms with E-state index in [1.807, 2.05) is 60.7 Å². The molecular weight excluding hydrogens is 445 g/mol. The van der Waals surface area contributed by atoms with Crippen LogP contribution in [0, 0.1) is 22.9 Å². The normalized spacial score (nSPS) is 11.7. The van der Waals surface area contributed by atoms with Crippen molar-refractivity contribution in [3.63, 3.8) is 0 Å². The Kier molecular flexibility index (Phi) is 10.6. The number of carbonyl (C=O) groups excluding carboxylic acids is 1. The molecule has 2 aromatic carbocycles. The summed E-state index contributed by atoms with van der Waals surface area (Å²) in [5, 5.41) is 0. The van der Waals surface area contributed by atoms with Crippen LogP contribution in [0.15, 0.2) is 60.7 Å². The summed E-state index contributed by atoms with van der Waals surface area (Å²) < 4.78 is 0. The molecule has 3 heteroatoms. The molecule has 0 radical (unpaired) electrons. The van der Waals surface area contributed by atoms with Crippen LogP contribution in [0.1, 0.15) is 52.7 Å². The molecule has 1 nitrogen and oxygen atoms in total. The van der Waals surface area contributed by atoms with Gasteiger partial charge in [-0.15, -0.1) is 11.1 Å². The highest BCUT2D eigenvalue weighted by Gasteiger charge is 2.38. The highest BCUT2D eigenvalue weighted by Crippen LogP contribution is 2.29. The maximum Gasteiger partial charge on any atom is 0.174 e. The molecule has 0 bridgehead atoms. The number of Topliss-reactive ketones (excluding diaryl/α,β-unsaturated/α-hetero) is 1. The largest absolute Gasteiger partial charge is 0.296 e. The van der Waals surface area contributed by atoms with E-state index in [1.165, 1.54) is 0 Å². The summed E-state index contributed by atoms with van der Waals surface area (Å²) in [5.74, 6) is 7.34. The zero-order valence-corrected chi connectivity index (χ0v) is 24.1. The zero-order chi connectivity index (χ0) is 25.1. The van der Waals surface area contributed by atoms with Crippen molar-refractivity contribution in [3.8, 4) is 22.9 Å². The SMILES string of the molecule is CC[Si](C#CC(C#C[Si](CC)(CC)CC)(C(=O)Cc1ccccc1)c1ccccc1)(CC)CC. The summed E-state index contributed by atoms with van der Waals surface area (Å²) in [6, 6.07) is 26.8. The van der Waals surface area contributed by atoms with Crippen molar-refractivity contribution in [3.05, 3.63) is 71.8 Å². The molecule has 180 valence electrons. The quantitative estimate of drug-likeness (QED) is 0.247. The Bertz CT molecular complexity index is 972. The van der Waals surface area contributed by atoms with Gasteiger partial charge in [0.25, 0.3) is 0 Å². The van der Waals surface area contributed by atoms with Crippen molar-refractivity contribution < 1.29 is 4.79 Å². The van der Waals surface area contributed by atoms with E-state index in [-0.39, 0.29) is 5.78 Å². The summed E-state index contributed by atoms with van der Waals surface area (Å²) in [4.78, 5) is 14.2. The van der Waals surface area contributed by atoms with Gasteiger partial charge >= 0.3 is 0 Å². The molecule has 2 rings (SSSR count).